The third-order valence-corrected chi connectivity index (χ3v) is 2.97. The fourth-order valence-electron chi connectivity index (χ4n) is 1.94. The Hall–Kier alpha value is -2.63. The fourth-order valence-corrected chi connectivity index (χ4v) is 1.94. The number of nitrogens with one attached hydrogen (secondary N) is 1. The highest BCUT2D eigenvalue weighted by atomic mass is 16.5. The van der Waals surface area contributed by atoms with Crippen LogP contribution in [-0.4, -0.2) is 29.1 Å². The van der Waals surface area contributed by atoms with E-state index in [0.717, 1.165) is 12.0 Å². The predicted molar refractivity (Wildman–Crippen MR) is 86.6 cm³/mol. The normalized spacial score (nSPS) is 10.3. The van der Waals surface area contributed by atoms with Crippen LogP contribution in [0.15, 0.2) is 30.5 Å². The highest BCUT2D eigenvalue weighted by Crippen LogP contribution is 2.21. The SMILES string of the molecule is CCCNc1nc(-c2cccc(N)c2)ncc1C(=O)OCC. The molecular weight excluding hydrogens is 280 g/mol. The van der Waals surface area contributed by atoms with E-state index in [1.54, 1.807) is 19.1 Å². The monoisotopic (exact) mass is 300 g/mol. The van der Waals surface area contributed by atoms with E-state index < -0.39 is 5.97 Å². The number of hydrogen-bond acceptors (Lipinski definition) is 6. The number of carbonyl (C=O) groups excluding carboxylic acids is 1. The molecule has 6 heteroatoms. The second-order valence-corrected chi connectivity index (χ2v) is 4.73. The number of rotatable bonds is 6. The molecule has 0 saturated heterocycles. The third-order valence-electron chi connectivity index (χ3n) is 2.97. The maximum atomic E-state index is 12.0. The molecule has 0 fully saturated rings. The van der Waals surface area contributed by atoms with Gasteiger partial charge in [0.05, 0.1) is 6.61 Å². The number of hydrogen-bond donors (Lipinski definition) is 2. The molecule has 1 aromatic carbocycles. The minimum Gasteiger partial charge on any atom is -0.462 e. The van der Waals surface area contributed by atoms with Gasteiger partial charge in [-0.05, 0) is 25.5 Å². The molecule has 6 nitrogen and oxygen atoms in total. The minimum absolute atomic E-state index is 0.309. The van der Waals surface area contributed by atoms with Crippen molar-refractivity contribution in [3.63, 3.8) is 0 Å². The van der Waals surface area contributed by atoms with Gasteiger partial charge in [0.15, 0.2) is 5.82 Å². The van der Waals surface area contributed by atoms with Crippen molar-refractivity contribution in [3.8, 4) is 11.4 Å². The number of carbonyl (C=O) groups is 1. The second-order valence-electron chi connectivity index (χ2n) is 4.73. The fraction of sp³-hybridized carbons (Fsp3) is 0.312. The maximum absolute atomic E-state index is 12.0. The van der Waals surface area contributed by atoms with Gasteiger partial charge in [0.1, 0.15) is 11.4 Å². The zero-order chi connectivity index (χ0) is 15.9. The molecule has 0 spiro atoms. The molecule has 0 radical (unpaired) electrons. The average molecular weight is 300 g/mol. The van der Waals surface area contributed by atoms with Crippen LogP contribution in [0.25, 0.3) is 11.4 Å². The van der Waals surface area contributed by atoms with Gasteiger partial charge >= 0.3 is 5.97 Å². The Morgan fingerprint density at radius 1 is 1.36 bits per heavy atom. The van der Waals surface area contributed by atoms with Crippen molar-refractivity contribution in [3.05, 3.63) is 36.0 Å². The largest absolute Gasteiger partial charge is 0.462 e. The molecular formula is C16H20N4O2. The van der Waals surface area contributed by atoms with Gasteiger partial charge in [0, 0.05) is 24.0 Å². The lowest BCUT2D eigenvalue weighted by Gasteiger charge is -2.11. The summed E-state index contributed by atoms with van der Waals surface area (Å²) in [7, 11) is 0. The van der Waals surface area contributed by atoms with E-state index >= 15 is 0 Å². The van der Waals surface area contributed by atoms with E-state index in [9.17, 15) is 4.79 Å². The first-order valence-electron chi connectivity index (χ1n) is 7.29. The first-order chi connectivity index (χ1) is 10.7. The molecule has 0 amide bonds. The van der Waals surface area contributed by atoms with E-state index in [1.807, 2.05) is 19.1 Å². The molecule has 22 heavy (non-hydrogen) atoms. The first kappa shape index (κ1) is 15.8. The van der Waals surface area contributed by atoms with Crippen LogP contribution < -0.4 is 11.1 Å². The van der Waals surface area contributed by atoms with Crippen molar-refractivity contribution in [2.45, 2.75) is 20.3 Å². The minimum atomic E-state index is -0.430. The molecule has 0 atom stereocenters. The summed E-state index contributed by atoms with van der Waals surface area (Å²) >= 11 is 0. The molecule has 0 aliphatic heterocycles. The van der Waals surface area contributed by atoms with Crippen molar-refractivity contribution < 1.29 is 9.53 Å². The zero-order valence-corrected chi connectivity index (χ0v) is 12.8. The smallest absolute Gasteiger partial charge is 0.343 e. The van der Waals surface area contributed by atoms with E-state index in [4.69, 9.17) is 10.5 Å². The molecule has 0 saturated carbocycles. The summed E-state index contributed by atoms with van der Waals surface area (Å²) in [5.74, 6) is 0.562. The molecule has 116 valence electrons. The van der Waals surface area contributed by atoms with Crippen LogP contribution in [0.1, 0.15) is 30.6 Å². The molecule has 2 rings (SSSR count). The van der Waals surface area contributed by atoms with Crippen molar-refractivity contribution in [1.82, 2.24) is 9.97 Å². The van der Waals surface area contributed by atoms with E-state index in [2.05, 4.69) is 15.3 Å². The number of benzene rings is 1. The summed E-state index contributed by atoms with van der Waals surface area (Å²) in [6.45, 7) is 4.82. The molecule has 1 heterocycles. The summed E-state index contributed by atoms with van der Waals surface area (Å²) in [5, 5.41) is 3.14. The maximum Gasteiger partial charge on any atom is 0.343 e. The Labute approximate surface area is 129 Å². The lowest BCUT2D eigenvalue weighted by molar-refractivity contribution is 0.0526. The number of ether oxygens (including phenoxy) is 1. The van der Waals surface area contributed by atoms with E-state index in [1.165, 1.54) is 6.20 Å². The number of esters is 1. The summed E-state index contributed by atoms with van der Waals surface area (Å²) in [6, 6.07) is 7.31. The number of nitrogens with two attached hydrogens (primary N) is 1. The number of nitrogens with zero attached hydrogens (tertiary/aromatic N) is 2. The van der Waals surface area contributed by atoms with Crippen LogP contribution in [0, 0.1) is 0 Å². The van der Waals surface area contributed by atoms with Gasteiger partial charge in [-0.3, -0.25) is 0 Å². The predicted octanol–water partition coefficient (Wildman–Crippen LogP) is 2.72. The molecule has 2 aromatic rings. The van der Waals surface area contributed by atoms with Crippen LogP contribution in [-0.2, 0) is 4.74 Å². The van der Waals surface area contributed by atoms with Crippen molar-refractivity contribution in [1.29, 1.82) is 0 Å². The number of nitrogen functional groups attached to an aromatic ring is 1. The molecule has 0 unspecified atom stereocenters. The van der Waals surface area contributed by atoms with Gasteiger partial charge < -0.3 is 15.8 Å². The third kappa shape index (κ3) is 3.72. The van der Waals surface area contributed by atoms with Gasteiger partial charge in [-0.1, -0.05) is 19.1 Å². The molecule has 0 aliphatic rings. The summed E-state index contributed by atoms with van der Waals surface area (Å²) in [4.78, 5) is 20.7. The van der Waals surface area contributed by atoms with Crippen LogP contribution in [0.4, 0.5) is 11.5 Å². The summed E-state index contributed by atoms with van der Waals surface area (Å²) in [5.41, 5.74) is 7.56. The van der Waals surface area contributed by atoms with E-state index in [-0.39, 0.29) is 0 Å². The summed E-state index contributed by atoms with van der Waals surface area (Å²) < 4.78 is 5.03. The van der Waals surface area contributed by atoms with Crippen LogP contribution in [0.2, 0.25) is 0 Å². The Morgan fingerprint density at radius 2 is 2.18 bits per heavy atom. The average Bonchev–Trinajstić information content (AvgIpc) is 2.53. The topological polar surface area (TPSA) is 90.1 Å². The van der Waals surface area contributed by atoms with Crippen LogP contribution >= 0.6 is 0 Å². The van der Waals surface area contributed by atoms with Crippen molar-refractivity contribution >= 4 is 17.5 Å². The Kier molecular flexibility index (Phi) is 5.30. The van der Waals surface area contributed by atoms with Gasteiger partial charge in [-0.15, -0.1) is 0 Å². The second kappa shape index (κ2) is 7.40. The Balaban J connectivity index is 2.40. The van der Waals surface area contributed by atoms with Crippen molar-refractivity contribution in [2.24, 2.45) is 0 Å². The van der Waals surface area contributed by atoms with Crippen LogP contribution in [0.3, 0.4) is 0 Å². The summed E-state index contributed by atoms with van der Waals surface area (Å²) in [6.07, 6.45) is 2.40. The van der Waals surface area contributed by atoms with E-state index in [0.29, 0.717) is 36.0 Å². The molecule has 1 aromatic heterocycles. The highest BCUT2D eigenvalue weighted by Gasteiger charge is 2.16. The number of aromatic nitrogens is 2. The van der Waals surface area contributed by atoms with Gasteiger partial charge in [0.2, 0.25) is 0 Å². The molecule has 0 bridgehead atoms. The van der Waals surface area contributed by atoms with Gasteiger partial charge in [-0.2, -0.15) is 0 Å². The van der Waals surface area contributed by atoms with Gasteiger partial charge in [0.25, 0.3) is 0 Å². The molecule has 3 N–H and O–H groups in total. The zero-order valence-electron chi connectivity index (χ0n) is 12.8. The lowest BCUT2D eigenvalue weighted by Crippen LogP contribution is -2.13. The Morgan fingerprint density at radius 3 is 2.86 bits per heavy atom. The van der Waals surface area contributed by atoms with Gasteiger partial charge in [-0.25, -0.2) is 14.8 Å². The number of anilines is 2. The quantitative estimate of drug-likeness (QED) is 0.629. The molecule has 0 aliphatic carbocycles. The standard InChI is InChI=1S/C16H20N4O2/c1-3-8-18-15-13(16(21)22-4-2)10-19-14(20-15)11-6-5-7-12(17)9-11/h5-7,9-10H,3-4,8,17H2,1-2H3,(H,18,19,20). The highest BCUT2D eigenvalue weighted by molar-refractivity contribution is 5.94. The van der Waals surface area contributed by atoms with Crippen LogP contribution in [0.5, 0.6) is 0 Å². The first-order valence-corrected chi connectivity index (χ1v) is 7.29. The Bertz CT molecular complexity index is 658. The van der Waals surface area contributed by atoms with Crippen molar-refractivity contribution in [2.75, 3.05) is 24.2 Å². The lowest BCUT2D eigenvalue weighted by atomic mass is 10.2.